The van der Waals surface area contributed by atoms with Crippen LogP contribution in [0, 0.1) is 0 Å². The van der Waals surface area contributed by atoms with Crippen molar-refractivity contribution in [2.75, 3.05) is 6.61 Å². The lowest BCUT2D eigenvalue weighted by Gasteiger charge is -2.06. The summed E-state index contributed by atoms with van der Waals surface area (Å²) in [5, 5.41) is 4.98. The van der Waals surface area contributed by atoms with Crippen molar-refractivity contribution >= 4 is 28.8 Å². The van der Waals surface area contributed by atoms with E-state index in [2.05, 4.69) is 10.8 Å². The SMILES string of the molecule is O=C1NOCC1NCc1ccsc1Cl. The zero-order valence-corrected chi connectivity index (χ0v) is 8.82. The highest BCUT2D eigenvalue weighted by atomic mass is 35.5. The van der Waals surface area contributed by atoms with Gasteiger partial charge in [-0.3, -0.25) is 14.9 Å². The lowest BCUT2D eigenvalue weighted by Crippen LogP contribution is -2.37. The maximum Gasteiger partial charge on any atom is 0.263 e. The van der Waals surface area contributed by atoms with Gasteiger partial charge in [0.25, 0.3) is 5.91 Å². The monoisotopic (exact) mass is 232 g/mol. The molecule has 2 N–H and O–H groups in total. The summed E-state index contributed by atoms with van der Waals surface area (Å²) in [6, 6.07) is 1.67. The Kier molecular flexibility index (Phi) is 3.02. The van der Waals surface area contributed by atoms with E-state index in [1.807, 2.05) is 11.4 Å². The third-order valence-corrected chi connectivity index (χ3v) is 3.22. The number of nitrogens with one attached hydrogen (secondary N) is 2. The van der Waals surface area contributed by atoms with Gasteiger partial charge in [-0.15, -0.1) is 11.3 Å². The number of carbonyl (C=O) groups is 1. The molecule has 1 aromatic rings. The van der Waals surface area contributed by atoms with Crippen LogP contribution in [0.3, 0.4) is 0 Å². The molecule has 76 valence electrons. The van der Waals surface area contributed by atoms with Gasteiger partial charge in [0, 0.05) is 6.54 Å². The average Bonchev–Trinajstić information content (AvgIpc) is 2.72. The maximum atomic E-state index is 11.1. The highest BCUT2D eigenvalue weighted by Crippen LogP contribution is 2.22. The van der Waals surface area contributed by atoms with Crippen LogP contribution in [0.4, 0.5) is 0 Å². The summed E-state index contributed by atoms with van der Waals surface area (Å²) in [5.41, 5.74) is 3.29. The number of hydrogen-bond donors (Lipinski definition) is 2. The Morgan fingerprint density at radius 2 is 2.64 bits per heavy atom. The number of hydrogen-bond acceptors (Lipinski definition) is 4. The van der Waals surface area contributed by atoms with Gasteiger partial charge in [-0.25, -0.2) is 5.48 Å². The first-order valence-corrected chi connectivity index (χ1v) is 5.40. The van der Waals surface area contributed by atoms with Crippen LogP contribution >= 0.6 is 22.9 Å². The van der Waals surface area contributed by atoms with E-state index in [0.717, 1.165) is 9.90 Å². The second kappa shape index (κ2) is 4.27. The molecule has 6 heteroatoms. The molecule has 0 aromatic carbocycles. The van der Waals surface area contributed by atoms with Crippen LogP contribution in [0.15, 0.2) is 11.4 Å². The molecule has 0 bridgehead atoms. The molecule has 14 heavy (non-hydrogen) atoms. The van der Waals surface area contributed by atoms with Gasteiger partial charge >= 0.3 is 0 Å². The highest BCUT2D eigenvalue weighted by molar-refractivity contribution is 7.14. The largest absolute Gasteiger partial charge is 0.300 e. The van der Waals surface area contributed by atoms with Crippen LogP contribution in [-0.4, -0.2) is 18.6 Å². The lowest BCUT2D eigenvalue weighted by atomic mass is 10.3. The Labute approximate surface area is 90.2 Å². The normalized spacial score (nSPS) is 21.2. The summed E-state index contributed by atoms with van der Waals surface area (Å²) in [7, 11) is 0. The molecule has 1 unspecified atom stereocenters. The minimum atomic E-state index is -0.272. The molecule has 1 saturated heterocycles. The molecule has 0 saturated carbocycles. The van der Waals surface area contributed by atoms with E-state index in [0.29, 0.717) is 13.2 Å². The molecule has 2 rings (SSSR count). The smallest absolute Gasteiger partial charge is 0.263 e. The summed E-state index contributed by atoms with van der Waals surface area (Å²) in [5.74, 6) is -0.128. The van der Waals surface area contributed by atoms with E-state index in [1.165, 1.54) is 11.3 Å². The van der Waals surface area contributed by atoms with Crippen LogP contribution in [0.2, 0.25) is 4.34 Å². The first kappa shape index (κ1) is 9.92. The summed E-state index contributed by atoms with van der Waals surface area (Å²) in [4.78, 5) is 15.9. The number of thiophene rings is 1. The topological polar surface area (TPSA) is 50.4 Å². The molecule has 1 amide bonds. The Morgan fingerprint density at radius 1 is 1.79 bits per heavy atom. The Hall–Kier alpha value is -0.620. The van der Waals surface area contributed by atoms with E-state index in [4.69, 9.17) is 16.4 Å². The highest BCUT2D eigenvalue weighted by Gasteiger charge is 2.24. The molecule has 0 spiro atoms. The van der Waals surface area contributed by atoms with Gasteiger partial charge in [-0.1, -0.05) is 11.6 Å². The first-order chi connectivity index (χ1) is 6.77. The third-order valence-electron chi connectivity index (χ3n) is 1.97. The summed E-state index contributed by atoms with van der Waals surface area (Å²) in [6.07, 6.45) is 0. The van der Waals surface area contributed by atoms with Crippen molar-refractivity contribution in [1.82, 2.24) is 10.8 Å². The Morgan fingerprint density at radius 3 is 3.21 bits per heavy atom. The first-order valence-electron chi connectivity index (χ1n) is 4.14. The fraction of sp³-hybridized carbons (Fsp3) is 0.375. The van der Waals surface area contributed by atoms with Gasteiger partial charge in [-0.2, -0.15) is 0 Å². The van der Waals surface area contributed by atoms with E-state index < -0.39 is 0 Å². The van der Waals surface area contributed by atoms with Crippen LogP contribution in [0.1, 0.15) is 5.56 Å². The molecule has 2 heterocycles. The minimum Gasteiger partial charge on any atom is -0.300 e. The van der Waals surface area contributed by atoms with Crippen LogP contribution in [0.5, 0.6) is 0 Å². The third kappa shape index (κ3) is 2.06. The minimum absolute atomic E-state index is 0.128. The number of halogens is 1. The predicted octanol–water partition coefficient (Wildman–Crippen LogP) is 0.921. The van der Waals surface area contributed by atoms with E-state index in [1.54, 1.807) is 0 Å². The standard InChI is InChI=1S/C8H9ClN2O2S/c9-7-5(1-2-14-7)3-10-6-4-13-11-8(6)12/h1-2,6,10H,3-4H2,(H,11,12). The van der Waals surface area contributed by atoms with Crippen LogP contribution in [0.25, 0.3) is 0 Å². The molecular formula is C8H9ClN2O2S. The molecule has 1 fully saturated rings. The van der Waals surface area contributed by atoms with Crippen molar-refractivity contribution in [2.24, 2.45) is 0 Å². The quantitative estimate of drug-likeness (QED) is 0.815. The van der Waals surface area contributed by atoms with Crippen molar-refractivity contribution in [3.05, 3.63) is 21.3 Å². The fourth-order valence-corrected chi connectivity index (χ4v) is 2.10. The summed E-state index contributed by atoms with van der Waals surface area (Å²) >= 11 is 7.39. The van der Waals surface area contributed by atoms with Gasteiger partial charge in [0.15, 0.2) is 0 Å². The average molecular weight is 233 g/mol. The van der Waals surface area contributed by atoms with E-state index >= 15 is 0 Å². The zero-order valence-electron chi connectivity index (χ0n) is 7.25. The van der Waals surface area contributed by atoms with E-state index in [-0.39, 0.29) is 11.9 Å². The van der Waals surface area contributed by atoms with Gasteiger partial charge < -0.3 is 0 Å². The van der Waals surface area contributed by atoms with Crippen molar-refractivity contribution in [3.8, 4) is 0 Å². The van der Waals surface area contributed by atoms with Crippen molar-refractivity contribution in [2.45, 2.75) is 12.6 Å². The van der Waals surface area contributed by atoms with Crippen molar-refractivity contribution in [1.29, 1.82) is 0 Å². The van der Waals surface area contributed by atoms with Gasteiger partial charge in [0.2, 0.25) is 0 Å². The van der Waals surface area contributed by atoms with Gasteiger partial charge in [-0.05, 0) is 17.0 Å². The molecule has 1 aliphatic heterocycles. The summed E-state index contributed by atoms with van der Waals surface area (Å²) < 4.78 is 0.761. The number of hydroxylamine groups is 1. The molecular weight excluding hydrogens is 224 g/mol. The van der Waals surface area contributed by atoms with Crippen LogP contribution < -0.4 is 10.8 Å². The van der Waals surface area contributed by atoms with Crippen molar-refractivity contribution < 1.29 is 9.63 Å². The molecule has 1 aromatic heterocycles. The second-order valence-corrected chi connectivity index (χ2v) is 4.45. The Bertz CT molecular complexity index is 342. The van der Waals surface area contributed by atoms with Crippen LogP contribution in [-0.2, 0) is 16.2 Å². The van der Waals surface area contributed by atoms with Crippen molar-refractivity contribution in [3.63, 3.8) is 0 Å². The molecule has 0 radical (unpaired) electrons. The fourth-order valence-electron chi connectivity index (χ4n) is 1.17. The Balaban J connectivity index is 1.88. The lowest BCUT2D eigenvalue weighted by molar-refractivity contribution is -0.125. The number of carbonyl (C=O) groups excluding carboxylic acids is 1. The van der Waals surface area contributed by atoms with E-state index in [9.17, 15) is 4.79 Å². The maximum absolute atomic E-state index is 11.1. The molecule has 0 aliphatic carbocycles. The molecule has 1 aliphatic rings. The number of amides is 1. The predicted molar refractivity (Wildman–Crippen MR) is 54.1 cm³/mol. The summed E-state index contributed by atoms with van der Waals surface area (Å²) in [6.45, 7) is 0.949. The number of rotatable bonds is 3. The van der Waals surface area contributed by atoms with Gasteiger partial charge in [0.1, 0.15) is 6.04 Å². The zero-order chi connectivity index (χ0) is 9.97. The second-order valence-electron chi connectivity index (χ2n) is 2.93. The molecule has 1 atom stereocenters. The molecule has 4 nitrogen and oxygen atoms in total. The van der Waals surface area contributed by atoms with Gasteiger partial charge in [0.05, 0.1) is 10.9 Å².